The zero-order valence-corrected chi connectivity index (χ0v) is 17.4. The maximum Gasteiger partial charge on any atom is 0.435 e. The summed E-state index contributed by atoms with van der Waals surface area (Å²) in [4.78, 5) is 30.9. The average Bonchev–Trinajstić information content (AvgIpc) is 3.38. The van der Waals surface area contributed by atoms with E-state index >= 15 is 0 Å². The Balaban J connectivity index is 1.44. The fourth-order valence-electron chi connectivity index (χ4n) is 4.07. The Morgan fingerprint density at radius 3 is 2.66 bits per heavy atom. The summed E-state index contributed by atoms with van der Waals surface area (Å²) < 4.78 is 39.7. The molecule has 1 saturated heterocycles. The maximum atomic E-state index is 12.8. The van der Waals surface area contributed by atoms with E-state index in [1.807, 2.05) is 18.2 Å². The minimum absolute atomic E-state index is 0.0459. The van der Waals surface area contributed by atoms with Gasteiger partial charge >= 0.3 is 6.18 Å². The lowest BCUT2D eigenvalue weighted by molar-refractivity contribution is -0.141. The molecule has 0 spiro atoms. The van der Waals surface area contributed by atoms with Gasteiger partial charge in [0.15, 0.2) is 5.69 Å². The molecule has 4 rings (SSSR count). The van der Waals surface area contributed by atoms with Gasteiger partial charge in [-0.25, -0.2) is 0 Å². The molecule has 0 unspecified atom stereocenters. The van der Waals surface area contributed by atoms with Crippen LogP contribution in [-0.4, -0.2) is 44.6 Å². The molecular weight excluding hydrogens is 423 g/mol. The van der Waals surface area contributed by atoms with Crippen molar-refractivity contribution in [3.63, 3.8) is 0 Å². The molecule has 3 aromatic rings. The lowest BCUT2D eigenvalue weighted by Gasteiger charge is -2.17. The first-order valence-electron chi connectivity index (χ1n) is 10.2. The Bertz CT molecular complexity index is 1190. The molecule has 2 aromatic heterocycles. The number of hydrogen-bond donors (Lipinski definition) is 1. The molecule has 10 heteroatoms. The van der Waals surface area contributed by atoms with Crippen LogP contribution >= 0.6 is 0 Å². The smallest absolute Gasteiger partial charge is 0.366 e. The molecule has 1 atom stereocenters. The van der Waals surface area contributed by atoms with Crippen LogP contribution in [0.25, 0.3) is 10.9 Å². The number of fused-ring (bicyclic) bond motifs is 1. The molecule has 2 amide bonds. The SMILES string of the molecule is Cc1cc(C(F)(F)F)nn1CCC(=O)N1CC[C@@H](c2cc(C(N)=O)c3ccccc3n2)C1. The highest BCUT2D eigenvalue weighted by atomic mass is 19.4. The summed E-state index contributed by atoms with van der Waals surface area (Å²) in [6, 6.07) is 9.90. The second kappa shape index (κ2) is 8.25. The molecule has 7 nitrogen and oxygen atoms in total. The molecule has 32 heavy (non-hydrogen) atoms. The fourth-order valence-corrected chi connectivity index (χ4v) is 4.07. The van der Waals surface area contributed by atoms with E-state index in [0.717, 1.165) is 6.07 Å². The van der Waals surface area contributed by atoms with Crippen molar-refractivity contribution in [2.75, 3.05) is 13.1 Å². The van der Waals surface area contributed by atoms with Crippen LogP contribution in [0.5, 0.6) is 0 Å². The number of likely N-dealkylation sites (tertiary alicyclic amines) is 1. The summed E-state index contributed by atoms with van der Waals surface area (Å²) in [7, 11) is 0. The number of carbonyl (C=O) groups excluding carboxylic acids is 2. The number of aryl methyl sites for hydroxylation is 2. The van der Waals surface area contributed by atoms with Crippen molar-refractivity contribution in [1.29, 1.82) is 0 Å². The van der Waals surface area contributed by atoms with Crippen molar-refractivity contribution in [2.45, 2.75) is 38.4 Å². The third kappa shape index (κ3) is 4.30. The second-order valence-corrected chi connectivity index (χ2v) is 7.94. The van der Waals surface area contributed by atoms with Gasteiger partial charge < -0.3 is 10.6 Å². The number of nitrogens with zero attached hydrogens (tertiary/aromatic N) is 4. The number of aromatic nitrogens is 3. The minimum Gasteiger partial charge on any atom is -0.366 e. The number of nitrogens with two attached hydrogens (primary N) is 1. The topological polar surface area (TPSA) is 94.1 Å². The van der Waals surface area contributed by atoms with Crippen molar-refractivity contribution < 1.29 is 22.8 Å². The number of primary amides is 1. The van der Waals surface area contributed by atoms with Gasteiger partial charge in [-0.05, 0) is 31.5 Å². The van der Waals surface area contributed by atoms with Crippen molar-refractivity contribution in [2.24, 2.45) is 5.73 Å². The zero-order valence-electron chi connectivity index (χ0n) is 17.4. The van der Waals surface area contributed by atoms with Crippen LogP contribution in [0, 0.1) is 6.92 Å². The van der Waals surface area contributed by atoms with E-state index < -0.39 is 17.8 Å². The number of hydrogen-bond acceptors (Lipinski definition) is 4. The number of benzene rings is 1. The molecule has 1 aliphatic rings. The summed E-state index contributed by atoms with van der Waals surface area (Å²) in [5.74, 6) is -0.750. The number of para-hydroxylation sites is 1. The molecule has 1 fully saturated rings. The summed E-state index contributed by atoms with van der Waals surface area (Å²) in [5, 5.41) is 4.25. The lowest BCUT2D eigenvalue weighted by atomic mass is 9.99. The normalized spacial score (nSPS) is 16.6. The van der Waals surface area contributed by atoms with E-state index in [4.69, 9.17) is 5.73 Å². The molecular formula is C22H22F3N5O2. The Morgan fingerprint density at radius 1 is 1.22 bits per heavy atom. The average molecular weight is 445 g/mol. The molecule has 168 valence electrons. The number of rotatable bonds is 5. The van der Waals surface area contributed by atoms with Gasteiger partial charge in [0.05, 0.1) is 11.1 Å². The van der Waals surface area contributed by atoms with Gasteiger partial charge in [-0.2, -0.15) is 18.3 Å². The van der Waals surface area contributed by atoms with Crippen molar-refractivity contribution in [3.8, 4) is 0 Å². The maximum absolute atomic E-state index is 12.8. The molecule has 0 bridgehead atoms. The van der Waals surface area contributed by atoms with E-state index in [0.29, 0.717) is 47.4 Å². The molecule has 1 aromatic carbocycles. The highest BCUT2D eigenvalue weighted by Gasteiger charge is 2.34. The summed E-state index contributed by atoms with van der Waals surface area (Å²) in [6.45, 7) is 2.53. The largest absolute Gasteiger partial charge is 0.435 e. The summed E-state index contributed by atoms with van der Waals surface area (Å²) in [6.07, 6.45) is -3.79. The van der Waals surface area contributed by atoms with Gasteiger partial charge in [-0.15, -0.1) is 0 Å². The first kappa shape index (κ1) is 21.8. The van der Waals surface area contributed by atoms with Crippen LogP contribution in [-0.2, 0) is 17.5 Å². The van der Waals surface area contributed by atoms with Gasteiger partial charge in [0.25, 0.3) is 0 Å². The monoisotopic (exact) mass is 445 g/mol. The highest BCUT2D eigenvalue weighted by molar-refractivity contribution is 6.05. The van der Waals surface area contributed by atoms with Gasteiger partial charge in [0.1, 0.15) is 0 Å². The van der Waals surface area contributed by atoms with E-state index in [2.05, 4.69) is 10.1 Å². The van der Waals surface area contributed by atoms with Gasteiger partial charge in [-0.3, -0.25) is 19.3 Å². The van der Waals surface area contributed by atoms with E-state index in [1.54, 1.807) is 17.0 Å². The highest BCUT2D eigenvalue weighted by Crippen LogP contribution is 2.30. The summed E-state index contributed by atoms with van der Waals surface area (Å²) >= 11 is 0. The van der Waals surface area contributed by atoms with Crippen LogP contribution in [0.4, 0.5) is 13.2 Å². The van der Waals surface area contributed by atoms with Crippen molar-refractivity contribution in [1.82, 2.24) is 19.7 Å². The molecule has 2 N–H and O–H groups in total. The van der Waals surface area contributed by atoms with Crippen molar-refractivity contribution in [3.05, 3.63) is 59.0 Å². The van der Waals surface area contributed by atoms with E-state index in [1.165, 1.54) is 11.6 Å². The standard InChI is InChI=1S/C22H22F3N5O2/c1-13-10-19(22(23,24)25)28-30(13)9-7-20(31)29-8-6-14(12-29)18-11-16(21(26)32)15-4-2-3-5-17(15)27-18/h2-5,10-11,14H,6-9,12H2,1H3,(H2,26,32)/t14-/m1/s1. The van der Waals surface area contributed by atoms with Gasteiger partial charge in [0.2, 0.25) is 11.8 Å². The van der Waals surface area contributed by atoms with Crippen LogP contribution in [0.3, 0.4) is 0 Å². The number of amides is 2. The van der Waals surface area contributed by atoms with Crippen LogP contribution < -0.4 is 5.73 Å². The Labute approximate surface area is 182 Å². The molecule has 3 heterocycles. The third-order valence-electron chi connectivity index (χ3n) is 5.77. The van der Waals surface area contributed by atoms with Gasteiger partial charge in [0, 0.05) is 48.7 Å². The molecule has 0 radical (unpaired) electrons. The first-order chi connectivity index (χ1) is 15.1. The number of halogens is 3. The van der Waals surface area contributed by atoms with Crippen LogP contribution in [0.2, 0.25) is 0 Å². The summed E-state index contributed by atoms with van der Waals surface area (Å²) in [5.41, 5.74) is 6.70. The minimum atomic E-state index is -4.52. The number of pyridine rings is 1. The first-order valence-corrected chi connectivity index (χ1v) is 10.2. The molecule has 0 aliphatic carbocycles. The van der Waals surface area contributed by atoms with Crippen LogP contribution in [0.1, 0.15) is 46.2 Å². The predicted molar refractivity (Wildman–Crippen MR) is 111 cm³/mol. The Kier molecular flexibility index (Phi) is 5.62. The fraction of sp³-hybridized carbons (Fsp3) is 0.364. The van der Waals surface area contributed by atoms with Crippen LogP contribution in [0.15, 0.2) is 36.4 Å². The lowest BCUT2D eigenvalue weighted by Crippen LogP contribution is -2.29. The molecule has 0 saturated carbocycles. The van der Waals surface area contributed by atoms with Gasteiger partial charge in [-0.1, -0.05) is 18.2 Å². The predicted octanol–water partition coefficient (Wildman–Crippen LogP) is 3.26. The third-order valence-corrected chi connectivity index (χ3v) is 5.77. The Morgan fingerprint density at radius 2 is 1.97 bits per heavy atom. The second-order valence-electron chi connectivity index (χ2n) is 7.94. The quantitative estimate of drug-likeness (QED) is 0.652. The molecule has 1 aliphatic heterocycles. The number of carbonyl (C=O) groups is 2. The van der Waals surface area contributed by atoms with Crippen molar-refractivity contribution >= 4 is 22.7 Å². The van der Waals surface area contributed by atoms with E-state index in [-0.39, 0.29) is 24.8 Å². The van der Waals surface area contributed by atoms with E-state index in [9.17, 15) is 22.8 Å². The number of alkyl halides is 3. The zero-order chi connectivity index (χ0) is 23.0. The Hall–Kier alpha value is -3.43.